The van der Waals surface area contributed by atoms with Gasteiger partial charge in [0.1, 0.15) is 11.6 Å². The number of fused-ring (bicyclic) bond motifs is 1. The van der Waals surface area contributed by atoms with Crippen molar-refractivity contribution < 1.29 is 24.2 Å². The molecule has 0 saturated carbocycles. The average molecular weight is 532 g/mol. The van der Waals surface area contributed by atoms with Gasteiger partial charge in [-0.25, -0.2) is 0 Å². The van der Waals surface area contributed by atoms with Crippen LogP contribution in [0.2, 0.25) is 0 Å². The summed E-state index contributed by atoms with van der Waals surface area (Å²) in [6.07, 6.45) is 8.20. The molecule has 0 aromatic rings. The van der Waals surface area contributed by atoms with Crippen molar-refractivity contribution in [3.63, 3.8) is 0 Å². The lowest BCUT2D eigenvalue weighted by molar-refractivity contribution is -0.159. The molecule has 38 heavy (non-hydrogen) atoms. The van der Waals surface area contributed by atoms with Crippen LogP contribution in [0, 0.1) is 11.8 Å². The van der Waals surface area contributed by atoms with E-state index >= 15 is 0 Å². The van der Waals surface area contributed by atoms with Crippen LogP contribution in [-0.2, 0) is 19.1 Å². The Morgan fingerprint density at radius 3 is 2.34 bits per heavy atom. The summed E-state index contributed by atoms with van der Waals surface area (Å²) in [5, 5.41) is 10.3. The molecular formula is C30H49N3O5. The Bertz CT molecular complexity index is 904. The van der Waals surface area contributed by atoms with E-state index in [0.717, 1.165) is 19.3 Å². The van der Waals surface area contributed by atoms with Crippen LogP contribution >= 0.6 is 0 Å². The summed E-state index contributed by atoms with van der Waals surface area (Å²) in [7, 11) is 0. The Kier molecular flexibility index (Phi) is 9.85. The maximum Gasteiger partial charge on any atom is 0.248 e. The molecule has 3 aliphatic rings. The quantitative estimate of drug-likeness (QED) is 0.327. The molecule has 0 aliphatic carbocycles. The van der Waals surface area contributed by atoms with Crippen LogP contribution in [0.15, 0.2) is 25.3 Å². The van der Waals surface area contributed by atoms with Crippen LogP contribution in [0.4, 0.5) is 0 Å². The summed E-state index contributed by atoms with van der Waals surface area (Å²) in [5.74, 6) is -1.94. The first-order valence-corrected chi connectivity index (χ1v) is 14.6. The highest BCUT2D eigenvalue weighted by Gasteiger charge is 2.79. The molecule has 3 aliphatic heterocycles. The third kappa shape index (κ3) is 4.72. The molecule has 3 unspecified atom stereocenters. The zero-order chi connectivity index (χ0) is 28.3. The molecule has 3 saturated heterocycles. The van der Waals surface area contributed by atoms with Crippen molar-refractivity contribution in [1.82, 2.24) is 14.7 Å². The molecule has 3 amide bonds. The molecule has 2 bridgehead atoms. The molecule has 0 radical (unpaired) electrons. The molecule has 0 aromatic heterocycles. The van der Waals surface area contributed by atoms with Crippen LogP contribution in [0.5, 0.6) is 0 Å². The summed E-state index contributed by atoms with van der Waals surface area (Å²) in [6, 6.07) is -1.46. The number of nitrogens with zero attached hydrogens (tertiary/aromatic N) is 3. The summed E-state index contributed by atoms with van der Waals surface area (Å²) >= 11 is 0. The van der Waals surface area contributed by atoms with Crippen molar-refractivity contribution in [2.24, 2.45) is 11.8 Å². The predicted molar refractivity (Wildman–Crippen MR) is 148 cm³/mol. The number of rotatable bonds is 15. The second kappa shape index (κ2) is 12.3. The molecule has 1 N–H and O–H groups in total. The molecule has 8 heteroatoms. The third-order valence-corrected chi connectivity index (χ3v) is 9.20. The fourth-order valence-electron chi connectivity index (χ4n) is 7.39. The van der Waals surface area contributed by atoms with Crippen LogP contribution in [0.3, 0.4) is 0 Å². The van der Waals surface area contributed by atoms with Crippen molar-refractivity contribution >= 4 is 17.7 Å². The Morgan fingerprint density at radius 2 is 1.82 bits per heavy atom. The van der Waals surface area contributed by atoms with Crippen molar-refractivity contribution in [1.29, 1.82) is 0 Å². The molecule has 1 spiro atoms. The van der Waals surface area contributed by atoms with Gasteiger partial charge in [-0.2, -0.15) is 0 Å². The highest BCUT2D eigenvalue weighted by atomic mass is 16.5. The van der Waals surface area contributed by atoms with Gasteiger partial charge in [-0.1, -0.05) is 46.3 Å². The largest absolute Gasteiger partial charge is 0.394 e. The van der Waals surface area contributed by atoms with Gasteiger partial charge in [-0.15, -0.1) is 13.2 Å². The van der Waals surface area contributed by atoms with E-state index in [1.54, 1.807) is 26.9 Å². The van der Waals surface area contributed by atoms with E-state index in [2.05, 4.69) is 20.1 Å². The molecular weight excluding hydrogens is 482 g/mol. The highest BCUT2D eigenvalue weighted by molar-refractivity contribution is 5.99. The zero-order valence-corrected chi connectivity index (χ0v) is 24.2. The van der Waals surface area contributed by atoms with Crippen LogP contribution in [0.25, 0.3) is 0 Å². The summed E-state index contributed by atoms with van der Waals surface area (Å²) in [4.78, 5) is 48.2. The number of carbonyl (C=O) groups is 3. The maximum atomic E-state index is 14.5. The lowest BCUT2D eigenvalue weighted by atomic mass is 9.64. The smallest absolute Gasteiger partial charge is 0.248 e. The van der Waals surface area contributed by atoms with Gasteiger partial charge in [0.2, 0.25) is 17.7 Å². The first kappa shape index (κ1) is 30.4. The normalized spacial score (nSPS) is 31.2. The maximum absolute atomic E-state index is 14.5. The second-order valence-corrected chi connectivity index (χ2v) is 11.3. The SMILES string of the molecule is C=CCN(CCC)C(=O)[C@@H]1[C@H]2C(=O)N([C@@H](CC)CO)C(C(=O)N(CC=C)C(C)CCC)C23CC[C@@]1(CC)O3. The van der Waals surface area contributed by atoms with Gasteiger partial charge >= 0.3 is 0 Å². The standard InChI is InChI=1S/C30H49N3O5/c1-8-14-21(7)32(19-11-4)28(37)25-30-16-15-29(13-6,38-30)23(26(35)31(17-9-2)18-10-3)24(30)27(36)33(25)22(12-5)20-34/h9,11,21-25,34H,2,4,8,10,12-20H2,1,3,5-7H3/t21?,22-,23-,24-,25?,29+,30?/m0/s1. The average Bonchev–Trinajstić information content (AvgIpc) is 3.51. The van der Waals surface area contributed by atoms with Gasteiger partial charge in [0.15, 0.2) is 0 Å². The van der Waals surface area contributed by atoms with E-state index in [9.17, 15) is 19.5 Å². The number of ether oxygens (including phenoxy) is 1. The minimum Gasteiger partial charge on any atom is -0.394 e. The fourth-order valence-corrected chi connectivity index (χ4v) is 7.39. The number of carbonyl (C=O) groups excluding carboxylic acids is 3. The molecule has 7 atom stereocenters. The van der Waals surface area contributed by atoms with E-state index in [-0.39, 0.29) is 30.4 Å². The molecule has 3 heterocycles. The van der Waals surface area contributed by atoms with E-state index in [1.165, 1.54) is 0 Å². The van der Waals surface area contributed by atoms with Crippen molar-refractivity contribution in [3.05, 3.63) is 25.3 Å². The molecule has 3 rings (SSSR count). The summed E-state index contributed by atoms with van der Waals surface area (Å²) in [6.45, 7) is 18.8. The Labute approximate surface area is 229 Å². The van der Waals surface area contributed by atoms with Gasteiger partial charge in [0, 0.05) is 25.7 Å². The van der Waals surface area contributed by atoms with Gasteiger partial charge < -0.3 is 24.5 Å². The first-order chi connectivity index (χ1) is 18.2. The molecule has 8 nitrogen and oxygen atoms in total. The van der Waals surface area contributed by atoms with E-state index in [1.807, 2.05) is 27.7 Å². The van der Waals surface area contributed by atoms with Gasteiger partial charge in [0.05, 0.1) is 30.1 Å². The third-order valence-electron chi connectivity index (χ3n) is 9.20. The van der Waals surface area contributed by atoms with E-state index < -0.39 is 35.1 Å². The van der Waals surface area contributed by atoms with Crippen molar-refractivity contribution in [2.75, 3.05) is 26.2 Å². The van der Waals surface area contributed by atoms with E-state index in [4.69, 9.17) is 4.74 Å². The second-order valence-electron chi connectivity index (χ2n) is 11.3. The monoisotopic (exact) mass is 531 g/mol. The minimum atomic E-state index is -1.09. The Hall–Kier alpha value is -2.19. The number of aliphatic hydroxyl groups excluding tert-OH is 1. The lowest BCUT2D eigenvalue weighted by Gasteiger charge is -2.41. The summed E-state index contributed by atoms with van der Waals surface area (Å²) < 4.78 is 6.91. The summed E-state index contributed by atoms with van der Waals surface area (Å²) in [5.41, 5.74) is -1.88. The highest BCUT2D eigenvalue weighted by Crippen LogP contribution is 2.65. The first-order valence-electron chi connectivity index (χ1n) is 14.6. The van der Waals surface area contributed by atoms with Gasteiger partial charge in [-0.05, 0) is 45.4 Å². The number of amides is 3. The van der Waals surface area contributed by atoms with Crippen LogP contribution in [0.1, 0.15) is 79.6 Å². The zero-order valence-electron chi connectivity index (χ0n) is 24.2. The number of aliphatic hydroxyl groups is 1. The van der Waals surface area contributed by atoms with Crippen LogP contribution < -0.4 is 0 Å². The molecule has 214 valence electrons. The number of hydrogen-bond acceptors (Lipinski definition) is 5. The van der Waals surface area contributed by atoms with Crippen molar-refractivity contribution in [2.45, 2.75) is 109 Å². The minimum absolute atomic E-state index is 0.0455. The van der Waals surface area contributed by atoms with Gasteiger partial charge in [0.25, 0.3) is 0 Å². The van der Waals surface area contributed by atoms with Gasteiger partial charge in [-0.3, -0.25) is 14.4 Å². The molecule has 0 aromatic carbocycles. The predicted octanol–water partition coefficient (Wildman–Crippen LogP) is 3.54. The fraction of sp³-hybridized carbons (Fsp3) is 0.767. The van der Waals surface area contributed by atoms with Crippen molar-refractivity contribution in [3.8, 4) is 0 Å². The molecule has 3 fully saturated rings. The number of hydrogen-bond donors (Lipinski definition) is 1. The van der Waals surface area contributed by atoms with E-state index in [0.29, 0.717) is 45.3 Å². The number of likely N-dealkylation sites (tertiary alicyclic amines) is 1. The van der Waals surface area contributed by atoms with Crippen LogP contribution in [-0.4, -0.2) is 93.1 Å². The Balaban J connectivity index is 2.17. The Morgan fingerprint density at radius 1 is 1.13 bits per heavy atom. The lowest BCUT2D eigenvalue weighted by Crippen LogP contribution is -2.60. The topological polar surface area (TPSA) is 90.4 Å².